The van der Waals surface area contributed by atoms with Crippen LogP contribution in [-0.4, -0.2) is 17.4 Å². The van der Waals surface area contributed by atoms with Gasteiger partial charge in [-0.25, -0.2) is 0 Å². The quantitative estimate of drug-likeness (QED) is 0.849. The second-order valence-electron chi connectivity index (χ2n) is 4.28. The van der Waals surface area contributed by atoms with E-state index in [-0.39, 0.29) is 5.91 Å². The molecule has 2 rings (SSSR count). The molecule has 0 saturated heterocycles. The molecule has 0 unspecified atom stereocenters. The van der Waals surface area contributed by atoms with Gasteiger partial charge in [0.15, 0.2) is 0 Å². The maximum absolute atomic E-state index is 11.9. The number of benzene rings is 1. The molecule has 1 amide bonds. The Morgan fingerprint density at radius 2 is 1.84 bits per heavy atom. The average molecular weight is 255 g/mol. The maximum atomic E-state index is 11.9. The molecule has 4 nitrogen and oxygen atoms in total. The Hall–Kier alpha value is -2.20. The Kier molecular flexibility index (Phi) is 4.64. The van der Waals surface area contributed by atoms with E-state index in [0.29, 0.717) is 6.54 Å². The van der Waals surface area contributed by atoms with Gasteiger partial charge in [-0.15, -0.1) is 0 Å². The third kappa shape index (κ3) is 3.89. The van der Waals surface area contributed by atoms with Crippen molar-refractivity contribution < 1.29 is 4.79 Å². The van der Waals surface area contributed by atoms with Crippen molar-refractivity contribution in [1.29, 1.82) is 0 Å². The van der Waals surface area contributed by atoms with Crippen LogP contribution in [-0.2, 0) is 11.2 Å². The molecule has 1 heterocycles. The Labute approximate surface area is 112 Å². The van der Waals surface area contributed by atoms with Crippen LogP contribution in [0.25, 0.3) is 0 Å². The van der Waals surface area contributed by atoms with Crippen LogP contribution in [0.1, 0.15) is 17.2 Å². The highest BCUT2D eigenvalue weighted by Gasteiger charge is 2.14. The molecular weight excluding hydrogens is 238 g/mol. The molecular formula is C15H17N3O. The predicted octanol–water partition coefficient (Wildman–Crippen LogP) is 1.44. The highest BCUT2D eigenvalue weighted by molar-refractivity contribution is 5.82. The first-order chi connectivity index (χ1) is 9.27. The number of hydrogen-bond donors (Lipinski definition) is 2. The minimum atomic E-state index is -0.612. The first-order valence-electron chi connectivity index (χ1n) is 6.24. The smallest absolute Gasteiger partial charge is 0.241 e. The molecule has 0 aliphatic carbocycles. The molecule has 0 spiro atoms. The number of rotatable bonds is 5. The number of pyridine rings is 1. The number of amides is 1. The van der Waals surface area contributed by atoms with Gasteiger partial charge in [-0.1, -0.05) is 30.3 Å². The lowest BCUT2D eigenvalue weighted by Crippen LogP contribution is -2.35. The van der Waals surface area contributed by atoms with Crippen molar-refractivity contribution in [1.82, 2.24) is 10.3 Å². The minimum absolute atomic E-state index is 0.153. The summed E-state index contributed by atoms with van der Waals surface area (Å²) in [6, 6.07) is 12.6. The molecule has 19 heavy (non-hydrogen) atoms. The van der Waals surface area contributed by atoms with Crippen molar-refractivity contribution in [3.63, 3.8) is 0 Å². The van der Waals surface area contributed by atoms with Crippen molar-refractivity contribution >= 4 is 5.91 Å². The van der Waals surface area contributed by atoms with Gasteiger partial charge >= 0.3 is 0 Å². The summed E-state index contributed by atoms with van der Waals surface area (Å²) in [4.78, 5) is 15.8. The third-order valence-electron chi connectivity index (χ3n) is 2.90. The summed E-state index contributed by atoms with van der Waals surface area (Å²) in [5, 5.41) is 2.85. The van der Waals surface area contributed by atoms with Gasteiger partial charge in [-0.2, -0.15) is 0 Å². The summed E-state index contributed by atoms with van der Waals surface area (Å²) >= 11 is 0. The van der Waals surface area contributed by atoms with Crippen LogP contribution in [0.2, 0.25) is 0 Å². The van der Waals surface area contributed by atoms with E-state index >= 15 is 0 Å². The molecule has 0 fully saturated rings. The number of aromatic nitrogens is 1. The van der Waals surface area contributed by atoms with Crippen LogP contribution in [0.5, 0.6) is 0 Å². The lowest BCUT2D eigenvalue weighted by molar-refractivity contribution is -0.122. The molecule has 0 radical (unpaired) electrons. The van der Waals surface area contributed by atoms with Gasteiger partial charge in [-0.05, 0) is 29.7 Å². The zero-order valence-corrected chi connectivity index (χ0v) is 10.6. The molecule has 1 atom stereocenters. The Morgan fingerprint density at radius 1 is 1.16 bits per heavy atom. The fourth-order valence-corrected chi connectivity index (χ4v) is 1.80. The van der Waals surface area contributed by atoms with Crippen molar-refractivity contribution in [3.8, 4) is 0 Å². The van der Waals surface area contributed by atoms with Gasteiger partial charge in [0.05, 0.1) is 0 Å². The number of nitrogens with zero attached hydrogens (tertiary/aromatic N) is 1. The molecule has 0 aliphatic rings. The normalized spacial score (nSPS) is 11.8. The summed E-state index contributed by atoms with van der Waals surface area (Å²) in [6.45, 7) is 0.573. The van der Waals surface area contributed by atoms with Gasteiger partial charge in [0, 0.05) is 18.9 Å². The zero-order chi connectivity index (χ0) is 13.5. The summed E-state index contributed by atoms with van der Waals surface area (Å²) in [5.74, 6) is -0.153. The van der Waals surface area contributed by atoms with Crippen LogP contribution in [0.15, 0.2) is 54.9 Å². The molecule has 4 heteroatoms. The van der Waals surface area contributed by atoms with Gasteiger partial charge in [-0.3, -0.25) is 9.78 Å². The van der Waals surface area contributed by atoms with Crippen molar-refractivity contribution in [2.75, 3.05) is 6.54 Å². The topological polar surface area (TPSA) is 68.0 Å². The number of carbonyl (C=O) groups is 1. The molecule has 98 valence electrons. The summed E-state index contributed by atoms with van der Waals surface area (Å²) in [7, 11) is 0. The van der Waals surface area contributed by atoms with Crippen LogP contribution in [0.3, 0.4) is 0 Å². The highest BCUT2D eigenvalue weighted by atomic mass is 16.2. The van der Waals surface area contributed by atoms with Crippen LogP contribution < -0.4 is 11.1 Å². The van der Waals surface area contributed by atoms with E-state index in [1.165, 1.54) is 0 Å². The Morgan fingerprint density at radius 3 is 2.53 bits per heavy atom. The van der Waals surface area contributed by atoms with E-state index in [4.69, 9.17) is 5.73 Å². The van der Waals surface area contributed by atoms with Crippen molar-refractivity contribution in [3.05, 3.63) is 66.0 Å². The first kappa shape index (κ1) is 13.2. The summed E-state index contributed by atoms with van der Waals surface area (Å²) < 4.78 is 0. The fraction of sp³-hybridized carbons (Fsp3) is 0.200. The maximum Gasteiger partial charge on any atom is 0.241 e. The number of nitrogens with two attached hydrogens (primary N) is 1. The molecule has 1 aromatic heterocycles. The van der Waals surface area contributed by atoms with Crippen molar-refractivity contribution in [2.24, 2.45) is 5.73 Å². The second kappa shape index (κ2) is 6.66. The predicted molar refractivity (Wildman–Crippen MR) is 74.3 cm³/mol. The van der Waals surface area contributed by atoms with Crippen LogP contribution >= 0.6 is 0 Å². The minimum Gasteiger partial charge on any atom is -0.354 e. The van der Waals surface area contributed by atoms with Gasteiger partial charge < -0.3 is 11.1 Å². The molecule has 0 bridgehead atoms. The first-order valence-corrected chi connectivity index (χ1v) is 6.24. The number of carbonyl (C=O) groups excluding carboxylic acids is 1. The largest absolute Gasteiger partial charge is 0.354 e. The van der Waals surface area contributed by atoms with E-state index < -0.39 is 6.04 Å². The van der Waals surface area contributed by atoms with E-state index in [1.807, 2.05) is 42.5 Å². The number of hydrogen-bond acceptors (Lipinski definition) is 3. The second-order valence-corrected chi connectivity index (χ2v) is 4.28. The average Bonchev–Trinajstić information content (AvgIpc) is 2.48. The van der Waals surface area contributed by atoms with Crippen LogP contribution in [0, 0.1) is 0 Å². The van der Waals surface area contributed by atoms with Gasteiger partial charge in [0.1, 0.15) is 6.04 Å². The standard InChI is InChI=1S/C15H17N3O/c16-14(13-4-2-1-3-5-13)15(19)18-11-8-12-6-9-17-10-7-12/h1-7,9-10,14H,8,11,16H2,(H,18,19)/t14-/m1/s1. The zero-order valence-electron chi connectivity index (χ0n) is 10.6. The summed E-state index contributed by atoms with van der Waals surface area (Å²) in [6.07, 6.45) is 4.26. The van der Waals surface area contributed by atoms with E-state index in [0.717, 1.165) is 17.5 Å². The Bertz CT molecular complexity index is 513. The lowest BCUT2D eigenvalue weighted by atomic mass is 10.1. The van der Waals surface area contributed by atoms with Gasteiger partial charge in [0.2, 0.25) is 5.91 Å². The SMILES string of the molecule is N[C@@H](C(=O)NCCc1ccncc1)c1ccccc1. The molecule has 1 aromatic carbocycles. The number of nitrogens with one attached hydrogen (secondary N) is 1. The fourth-order valence-electron chi connectivity index (χ4n) is 1.80. The van der Waals surface area contributed by atoms with E-state index in [1.54, 1.807) is 12.4 Å². The van der Waals surface area contributed by atoms with Crippen molar-refractivity contribution in [2.45, 2.75) is 12.5 Å². The molecule has 0 aliphatic heterocycles. The van der Waals surface area contributed by atoms with Crippen LogP contribution in [0.4, 0.5) is 0 Å². The molecule has 0 saturated carbocycles. The van der Waals surface area contributed by atoms with Gasteiger partial charge in [0.25, 0.3) is 0 Å². The van der Waals surface area contributed by atoms with E-state index in [2.05, 4.69) is 10.3 Å². The molecule has 2 aromatic rings. The Balaban J connectivity index is 1.82. The lowest BCUT2D eigenvalue weighted by Gasteiger charge is -2.12. The summed E-state index contributed by atoms with van der Waals surface area (Å²) in [5.41, 5.74) is 7.86. The molecule has 3 N–H and O–H groups in total. The third-order valence-corrected chi connectivity index (χ3v) is 2.90. The highest BCUT2D eigenvalue weighted by Crippen LogP contribution is 2.09. The van der Waals surface area contributed by atoms with E-state index in [9.17, 15) is 4.79 Å². The monoisotopic (exact) mass is 255 g/mol.